The van der Waals surface area contributed by atoms with Crippen molar-refractivity contribution >= 4 is 40.2 Å². The molecule has 0 spiro atoms. The number of carboxylic acids is 1. The van der Waals surface area contributed by atoms with Crippen molar-refractivity contribution in [2.45, 2.75) is 18.9 Å². The van der Waals surface area contributed by atoms with E-state index in [0.29, 0.717) is 28.8 Å². The Morgan fingerprint density at radius 2 is 2.06 bits per heavy atom. The normalized spacial score (nSPS) is 12.2. The summed E-state index contributed by atoms with van der Waals surface area (Å²) in [6.07, 6.45) is 3.87. The number of benzene rings is 2. The molecule has 3 aromatic rings. The standard InChI is InChI=1S/C23H23ClFNO5S/c1-31-20-10-19-16(9-14(20)8-13-4-3-5-18(24)21(13)25)22(28)17(23(29)30)11-26(19)15(12-27)6-7-32-2/h3-5,9-11,15,27H,6-8,12H2,1-2H3,(H,29,30)/t15-/m0/s1. The molecule has 0 bridgehead atoms. The Balaban J connectivity index is 2.27. The second kappa shape index (κ2) is 10.4. The van der Waals surface area contributed by atoms with Gasteiger partial charge in [0.2, 0.25) is 5.43 Å². The lowest BCUT2D eigenvalue weighted by Gasteiger charge is -2.22. The number of aliphatic hydroxyl groups excluding tert-OH is 1. The SMILES string of the molecule is COc1cc2c(cc1Cc1cccc(Cl)c1F)c(=O)c(C(=O)O)cn2[C@H](CO)CCSC. The molecule has 0 aliphatic heterocycles. The Bertz CT molecular complexity index is 1210. The van der Waals surface area contributed by atoms with Crippen molar-refractivity contribution in [2.75, 3.05) is 25.7 Å². The molecule has 0 unspecified atom stereocenters. The van der Waals surface area contributed by atoms with E-state index in [4.69, 9.17) is 16.3 Å². The summed E-state index contributed by atoms with van der Waals surface area (Å²) in [4.78, 5) is 24.7. The predicted octanol–water partition coefficient (Wildman–Crippen LogP) is 4.38. The molecule has 32 heavy (non-hydrogen) atoms. The molecule has 9 heteroatoms. The van der Waals surface area contributed by atoms with Crippen molar-refractivity contribution in [3.63, 3.8) is 0 Å². The molecule has 0 amide bonds. The van der Waals surface area contributed by atoms with E-state index in [0.717, 1.165) is 5.75 Å². The number of aromatic carboxylic acids is 1. The summed E-state index contributed by atoms with van der Waals surface area (Å²) in [5.41, 5.74) is 0.216. The number of thioether (sulfide) groups is 1. The number of carboxylic acid groups (broad SMARTS) is 1. The van der Waals surface area contributed by atoms with E-state index in [2.05, 4.69) is 0 Å². The maximum Gasteiger partial charge on any atom is 0.341 e. The number of carbonyl (C=O) groups is 1. The molecule has 1 aromatic heterocycles. The van der Waals surface area contributed by atoms with Crippen molar-refractivity contribution in [1.29, 1.82) is 0 Å². The lowest BCUT2D eigenvalue weighted by molar-refractivity contribution is 0.0694. The van der Waals surface area contributed by atoms with Crippen molar-refractivity contribution in [3.8, 4) is 5.75 Å². The monoisotopic (exact) mass is 479 g/mol. The van der Waals surface area contributed by atoms with Gasteiger partial charge in [-0.15, -0.1) is 0 Å². The van der Waals surface area contributed by atoms with E-state index >= 15 is 0 Å². The van der Waals surface area contributed by atoms with Crippen molar-refractivity contribution in [1.82, 2.24) is 4.57 Å². The van der Waals surface area contributed by atoms with Gasteiger partial charge in [0.25, 0.3) is 0 Å². The van der Waals surface area contributed by atoms with Gasteiger partial charge in [0.05, 0.1) is 30.3 Å². The van der Waals surface area contributed by atoms with Gasteiger partial charge < -0.3 is 19.5 Å². The highest BCUT2D eigenvalue weighted by atomic mass is 35.5. The van der Waals surface area contributed by atoms with Gasteiger partial charge in [0.15, 0.2) is 0 Å². The smallest absolute Gasteiger partial charge is 0.341 e. The molecule has 0 radical (unpaired) electrons. The Kier molecular flexibility index (Phi) is 7.82. The first-order chi connectivity index (χ1) is 15.3. The van der Waals surface area contributed by atoms with Crippen LogP contribution >= 0.6 is 23.4 Å². The summed E-state index contributed by atoms with van der Waals surface area (Å²) in [7, 11) is 1.46. The van der Waals surface area contributed by atoms with E-state index in [-0.39, 0.29) is 23.4 Å². The minimum atomic E-state index is -1.36. The Hall–Kier alpha value is -2.55. The van der Waals surface area contributed by atoms with Crippen molar-refractivity contribution < 1.29 is 24.1 Å². The van der Waals surface area contributed by atoms with Gasteiger partial charge in [0.1, 0.15) is 17.1 Å². The number of pyridine rings is 1. The van der Waals surface area contributed by atoms with Crippen LogP contribution < -0.4 is 10.2 Å². The van der Waals surface area contributed by atoms with Crippen LogP contribution in [0.2, 0.25) is 5.02 Å². The topological polar surface area (TPSA) is 88.8 Å². The Morgan fingerprint density at radius 3 is 2.69 bits per heavy atom. The fourth-order valence-corrected chi connectivity index (χ4v) is 4.37. The molecule has 6 nitrogen and oxygen atoms in total. The van der Waals surface area contributed by atoms with Crippen LogP contribution in [0.5, 0.6) is 5.75 Å². The number of fused-ring (bicyclic) bond motifs is 1. The summed E-state index contributed by atoms with van der Waals surface area (Å²) in [6, 6.07) is 7.39. The van der Waals surface area contributed by atoms with Crippen molar-refractivity contribution in [3.05, 3.63) is 74.3 Å². The van der Waals surface area contributed by atoms with Crippen LogP contribution in [-0.2, 0) is 6.42 Å². The first-order valence-corrected chi connectivity index (χ1v) is 11.6. The van der Waals surface area contributed by atoms with E-state index in [1.807, 2.05) is 6.26 Å². The quantitative estimate of drug-likeness (QED) is 0.473. The highest BCUT2D eigenvalue weighted by molar-refractivity contribution is 7.98. The maximum atomic E-state index is 14.5. The summed E-state index contributed by atoms with van der Waals surface area (Å²) < 4.78 is 21.6. The second-order valence-corrected chi connectivity index (χ2v) is 8.67. The average molecular weight is 480 g/mol. The first-order valence-electron chi connectivity index (χ1n) is 9.84. The van der Waals surface area contributed by atoms with Gasteiger partial charge in [-0.05, 0) is 41.7 Å². The molecule has 1 atom stereocenters. The number of methoxy groups -OCH3 is 1. The molecule has 0 saturated heterocycles. The number of nitrogens with zero attached hydrogens (tertiary/aromatic N) is 1. The lowest BCUT2D eigenvalue weighted by atomic mass is 9.99. The van der Waals surface area contributed by atoms with Crippen LogP contribution in [0.4, 0.5) is 4.39 Å². The number of rotatable bonds is 9. The van der Waals surface area contributed by atoms with Crippen LogP contribution in [0.25, 0.3) is 10.9 Å². The van der Waals surface area contributed by atoms with Crippen LogP contribution in [0, 0.1) is 5.82 Å². The van der Waals surface area contributed by atoms with Crippen molar-refractivity contribution in [2.24, 2.45) is 0 Å². The van der Waals surface area contributed by atoms with Gasteiger partial charge in [0, 0.05) is 24.1 Å². The molecule has 3 rings (SSSR count). The van der Waals surface area contributed by atoms with Crippen LogP contribution in [0.15, 0.2) is 41.3 Å². The molecule has 0 aliphatic rings. The van der Waals surface area contributed by atoms with E-state index in [1.165, 1.54) is 25.4 Å². The zero-order valence-electron chi connectivity index (χ0n) is 17.6. The maximum absolute atomic E-state index is 14.5. The number of halogens is 2. The fraction of sp³-hybridized carbons (Fsp3) is 0.304. The van der Waals surface area contributed by atoms with Gasteiger partial charge >= 0.3 is 5.97 Å². The minimum Gasteiger partial charge on any atom is -0.496 e. The van der Waals surface area contributed by atoms with Crippen LogP contribution in [0.1, 0.15) is 33.9 Å². The molecular weight excluding hydrogens is 457 g/mol. The van der Waals surface area contributed by atoms with Gasteiger partial charge in [-0.1, -0.05) is 23.7 Å². The minimum absolute atomic E-state index is 0.0163. The summed E-state index contributed by atoms with van der Waals surface area (Å²) >= 11 is 7.49. The third kappa shape index (κ3) is 4.77. The molecule has 0 fully saturated rings. The summed E-state index contributed by atoms with van der Waals surface area (Å²) in [5, 5.41) is 19.7. The van der Waals surface area contributed by atoms with E-state index < -0.39 is 28.8 Å². The van der Waals surface area contributed by atoms with E-state index in [9.17, 15) is 24.2 Å². The highest BCUT2D eigenvalue weighted by Gasteiger charge is 2.21. The number of aromatic nitrogens is 1. The van der Waals surface area contributed by atoms with Gasteiger partial charge in [-0.3, -0.25) is 4.79 Å². The Labute approximate surface area is 193 Å². The molecule has 2 N–H and O–H groups in total. The third-order valence-electron chi connectivity index (χ3n) is 5.34. The van der Waals surface area contributed by atoms with E-state index in [1.54, 1.807) is 34.5 Å². The highest BCUT2D eigenvalue weighted by Crippen LogP contribution is 2.31. The molecule has 2 aromatic carbocycles. The summed E-state index contributed by atoms with van der Waals surface area (Å²) in [6.45, 7) is -0.227. The summed E-state index contributed by atoms with van der Waals surface area (Å²) in [5.74, 6) is -0.768. The first kappa shape index (κ1) is 24.1. The molecule has 170 valence electrons. The molecule has 0 aliphatic carbocycles. The average Bonchev–Trinajstić information content (AvgIpc) is 2.78. The van der Waals surface area contributed by atoms with Gasteiger partial charge in [-0.25, -0.2) is 9.18 Å². The zero-order valence-corrected chi connectivity index (χ0v) is 19.2. The van der Waals surface area contributed by atoms with Crippen LogP contribution in [-0.4, -0.2) is 46.5 Å². The zero-order chi connectivity index (χ0) is 23.4. The number of hydrogen-bond acceptors (Lipinski definition) is 5. The van der Waals surface area contributed by atoms with Crippen LogP contribution in [0.3, 0.4) is 0 Å². The fourth-order valence-electron chi connectivity index (χ4n) is 3.67. The lowest BCUT2D eigenvalue weighted by Crippen LogP contribution is -2.23. The number of hydrogen-bond donors (Lipinski definition) is 2. The molecule has 0 saturated carbocycles. The van der Waals surface area contributed by atoms with Gasteiger partial charge in [-0.2, -0.15) is 11.8 Å². The Morgan fingerprint density at radius 1 is 1.31 bits per heavy atom. The third-order valence-corrected chi connectivity index (χ3v) is 6.27. The molecular formula is C23H23ClFNO5S. The second-order valence-electron chi connectivity index (χ2n) is 7.27. The predicted molar refractivity (Wildman–Crippen MR) is 125 cm³/mol. The number of ether oxygens (including phenoxy) is 1. The molecule has 1 heterocycles. The largest absolute Gasteiger partial charge is 0.496 e. The number of aliphatic hydroxyl groups is 1.